The highest BCUT2D eigenvalue weighted by molar-refractivity contribution is 6.19. The Hall–Kier alpha value is -4.83. The van der Waals surface area contributed by atoms with E-state index >= 15 is 0 Å². The Morgan fingerprint density at radius 3 is 2.37 bits per heavy atom. The number of aliphatic imine (C=N–C) groups is 1. The number of benzene rings is 3. The molecule has 0 aromatic heterocycles. The maximum Gasteiger partial charge on any atom is 0.292 e. The van der Waals surface area contributed by atoms with Gasteiger partial charge in [-0.25, -0.2) is 15.4 Å². The average Bonchev–Trinajstić information content (AvgIpc) is 3.19. The first-order valence-electron chi connectivity index (χ1n) is 10.6. The van der Waals surface area contributed by atoms with Crippen molar-refractivity contribution < 1.29 is 19.2 Å². The molecule has 0 unspecified atom stereocenters. The molecule has 0 saturated carbocycles. The molecule has 1 heterocycles. The van der Waals surface area contributed by atoms with E-state index in [-0.39, 0.29) is 17.9 Å². The van der Waals surface area contributed by atoms with Crippen molar-refractivity contribution in [1.29, 1.82) is 0 Å². The molecule has 0 saturated heterocycles. The molecule has 10 nitrogen and oxygen atoms in total. The van der Waals surface area contributed by atoms with Crippen LogP contribution in [0, 0.1) is 10.1 Å². The van der Waals surface area contributed by atoms with Gasteiger partial charge in [0, 0.05) is 23.4 Å². The number of hydrazine groups is 1. The van der Waals surface area contributed by atoms with E-state index in [0.29, 0.717) is 22.8 Å². The van der Waals surface area contributed by atoms with Gasteiger partial charge in [-0.05, 0) is 35.9 Å². The molecule has 35 heavy (non-hydrogen) atoms. The summed E-state index contributed by atoms with van der Waals surface area (Å²) in [6, 6.07) is 21.8. The number of hydrogen-bond donors (Lipinski definition) is 2. The van der Waals surface area contributed by atoms with Gasteiger partial charge < -0.3 is 10.1 Å². The second-order valence-electron chi connectivity index (χ2n) is 7.43. The molecule has 0 radical (unpaired) electrons. The van der Waals surface area contributed by atoms with Crippen molar-refractivity contribution >= 4 is 35.1 Å². The highest BCUT2D eigenvalue weighted by atomic mass is 16.6. The van der Waals surface area contributed by atoms with Crippen molar-refractivity contribution in [2.24, 2.45) is 4.99 Å². The van der Waals surface area contributed by atoms with E-state index in [2.05, 4.69) is 15.7 Å². The van der Waals surface area contributed by atoms with Gasteiger partial charge >= 0.3 is 0 Å². The summed E-state index contributed by atoms with van der Waals surface area (Å²) in [6.45, 7) is -0.232. The van der Waals surface area contributed by atoms with Crippen LogP contribution >= 0.6 is 0 Å². The Kier molecular flexibility index (Phi) is 6.94. The van der Waals surface area contributed by atoms with E-state index in [9.17, 15) is 19.7 Å². The number of methoxy groups -OCH3 is 1. The zero-order chi connectivity index (χ0) is 24.8. The molecule has 176 valence electrons. The zero-order valence-electron chi connectivity index (χ0n) is 18.7. The lowest BCUT2D eigenvalue weighted by Gasteiger charge is -2.19. The predicted molar refractivity (Wildman–Crippen MR) is 131 cm³/mol. The first kappa shape index (κ1) is 23.3. The van der Waals surface area contributed by atoms with Crippen molar-refractivity contribution in [3.8, 4) is 5.75 Å². The number of nitro benzene ring substituents is 1. The lowest BCUT2D eigenvalue weighted by molar-refractivity contribution is -0.384. The first-order chi connectivity index (χ1) is 16.9. The molecule has 3 aromatic rings. The SMILES string of the molecule is COc1ccc(/C=C2\N=C(c3ccccc3)N(NCC(=O)Nc3ccc([N+](=O)[O-])cc3)C2=O)cc1. The van der Waals surface area contributed by atoms with Crippen LogP contribution in [0.2, 0.25) is 0 Å². The molecular formula is C25H21N5O5. The van der Waals surface area contributed by atoms with Crippen molar-refractivity contribution in [3.05, 3.63) is 106 Å². The standard InChI is InChI=1S/C25H21N5O5/c1-35-21-13-7-17(8-14-21)15-22-25(32)29(24(28-22)18-5-3-2-4-6-18)26-16-23(31)27-19-9-11-20(12-10-19)30(33)34/h2-15,26H,16H2,1H3,(H,27,31)/b22-15-. The number of ether oxygens (including phenoxy) is 1. The van der Waals surface area contributed by atoms with Gasteiger partial charge in [-0.3, -0.25) is 19.7 Å². The van der Waals surface area contributed by atoms with Crippen LogP contribution in [0.25, 0.3) is 6.08 Å². The largest absolute Gasteiger partial charge is 0.497 e. The van der Waals surface area contributed by atoms with Crippen LogP contribution in [0.15, 0.2) is 89.6 Å². The predicted octanol–water partition coefficient (Wildman–Crippen LogP) is 3.38. The maximum atomic E-state index is 13.1. The van der Waals surface area contributed by atoms with Crippen LogP contribution < -0.4 is 15.5 Å². The number of non-ortho nitro benzene ring substituents is 1. The van der Waals surface area contributed by atoms with E-state index in [0.717, 1.165) is 5.56 Å². The summed E-state index contributed by atoms with van der Waals surface area (Å²) in [7, 11) is 1.58. The van der Waals surface area contributed by atoms with Crippen LogP contribution in [0.1, 0.15) is 11.1 Å². The summed E-state index contributed by atoms with van der Waals surface area (Å²) in [4.78, 5) is 40.4. The third-order valence-electron chi connectivity index (χ3n) is 5.07. The molecule has 0 bridgehead atoms. The normalized spacial score (nSPS) is 14.1. The molecule has 4 rings (SSSR count). The number of anilines is 1. The number of nitro groups is 1. The number of amidine groups is 1. The lowest BCUT2D eigenvalue weighted by Crippen LogP contribution is -2.47. The molecule has 1 aliphatic heterocycles. The van der Waals surface area contributed by atoms with Gasteiger partial charge in [-0.15, -0.1) is 0 Å². The molecule has 0 spiro atoms. The van der Waals surface area contributed by atoms with Gasteiger partial charge in [-0.1, -0.05) is 42.5 Å². The molecule has 2 amide bonds. The van der Waals surface area contributed by atoms with Crippen LogP contribution in [-0.2, 0) is 9.59 Å². The van der Waals surface area contributed by atoms with Crippen molar-refractivity contribution in [2.45, 2.75) is 0 Å². The van der Waals surface area contributed by atoms with Gasteiger partial charge in [0.25, 0.3) is 11.6 Å². The minimum Gasteiger partial charge on any atom is -0.497 e. The van der Waals surface area contributed by atoms with Crippen LogP contribution in [0.3, 0.4) is 0 Å². The second kappa shape index (κ2) is 10.4. The van der Waals surface area contributed by atoms with Crippen molar-refractivity contribution in [1.82, 2.24) is 10.4 Å². The Morgan fingerprint density at radius 1 is 1.06 bits per heavy atom. The number of amides is 2. The third-order valence-corrected chi connectivity index (χ3v) is 5.07. The first-order valence-corrected chi connectivity index (χ1v) is 10.6. The molecule has 0 fully saturated rings. The zero-order valence-corrected chi connectivity index (χ0v) is 18.7. The summed E-state index contributed by atoms with van der Waals surface area (Å²) in [5, 5.41) is 14.7. The molecule has 0 atom stereocenters. The summed E-state index contributed by atoms with van der Waals surface area (Å²) >= 11 is 0. The van der Waals surface area contributed by atoms with Gasteiger partial charge in [0.05, 0.1) is 18.6 Å². The fourth-order valence-electron chi connectivity index (χ4n) is 3.32. The number of nitrogens with zero attached hydrogens (tertiary/aromatic N) is 3. The number of carbonyl (C=O) groups is 2. The molecule has 0 aliphatic carbocycles. The Bertz CT molecular complexity index is 1300. The fourth-order valence-corrected chi connectivity index (χ4v) is 3.32. The molecule has 1 aliphatic rings. The van der Waals surface area contributed by atoms with Crippen LogP contribution in [0.5, 0.6) is 5.75 Å². The van der Waals surface area contributed by atoms with Crippen LogP contribution in [0.4, 0.5) is 11.4 Å². The molecule has 3 aromatic carbocycles. The third kappa shape index (κ3) is 5.57. The summed E-state index contributed by atoms with van der Waals surface area (Å²) in [5.74, 6) is 0.202. The van der Waals surface area contributed by atoms with Crippen molar-refractivity contribution in [2.75, 3.05) is 19.0 Å². The summed E-state index contributed by atoms with van der Waals surface area (Å²) in [5.41, 5.74) is 4.82. The summed E-state index contributed by atoms with van der Waals surface area (Å²) < 4.78 is 5.16. The summed E-state index contributed by atoms with van der Waals surface area (Å²) in [6.07, 6.45) is 1.66. The number of carbonyl (C=O) groups excluding carboxylic acids is 2. The van der Waals surface area contributed by atoms with Gasteiger partial charge in [0.15, 0.2) is 5.84 Å². The Balaban J connectivity index is 1.50. The highest BCUT2D eigenvalue weighted by Crippen LogP contribution is 2.22. The fraction of sp³-hybridized carbons (Fsp3) is 0.0800. The number of nitrogens with one attached hydrogen (secondary N) is 2. The topological polar surface area (TPSA) is 126 Å². The molecule has 2 N–H and O–H groups in total. The highest BCUT2D eigenvalue weighted by Gasteiger charge is 2.31. The Labute approximate surface area is 200 Å². The van der Waals surface area contributed by atoms with E-state index in [4.69, 9.17) is 4.74 Å². The quantitative estimate of drug-likeness (QED) is 0.295. The maximum absolute atomic E-state index is 13.1. The lowest BCUT2D eigenvalue weighted by atomic mass is 10.2. The number of rotatable bonds is 8. The minimum atomic E-state index is -0.520. The van der Waals surface area contributed by atoms with Crippen LogP contribution in [-0.4, -0.2) is 41.2 Å². The van der Waals surface area contributed by atoms with E-state index in [1.807, 2.05) is 42.5 Å². The smallest absolute Gasteiger partial charge is 0.292 e. The number of hydrogen-bond acceptors (Lipinski definition) is 7. The molecular weight excluding hydrogens is 450 g/mol. The minimum absolute atomic E-state index is 0.0799. The molecule has 10 heteroatoms. The van der Waals surface area contributed by atoms with E-state index in [1.165, 1.54) is 29.3 Å². The van der Waals surface area contributed by atoms with E-state index in [1.54, 1.807) is 25.3 Å². The van der Waals surface area contributed by atoms with Crippen molar-refractivity contribution in [3.63, 3.8) is 0 Å². The Morgan fingerprint density at radius 2 is 1.74 bits per heavy atom. The van der Waals surface area contributed by atoms with Gasteiger partial charge in [-0.2, -0.15) is 0 Å². The van der Waals surface area contributed by atoms with E-state index < -0.39 is 16.7 Å². The monoisotopic (exact) mass is 471 g/mol. The van der Waals surface area contributed by atoms with Gasteiger partial charge in [0.2, 0.25) is 5.91 Å². The average molecular weight is 471 g/mol. The van der Waals surface area contributed by atoms with Gasteiger partial charge in [0.1, 0.15) is 11.4 Å². The second-order valence-corrected chi connectivity index (χ2v) is 7.43.